The van der Waals surface area contributed by atoms with Crippen molar-refractivity contribution in [1.82, 2.24) is 5.32 Å². The van der Waals surface area contributed by atoms with Crippen molar-refractivity contribution in [2.45, 2.75) is 26.3 Å². The second-order valence-corrected chi connectivity index (χ2v) is 8.03. The molecule has 0 unspecified atom stereocenters. The van der Waals surface area contributed by atoms with Gasteiger partial charge in [-0.3, -0.25) is 4.79 Å². The Kier molecular flexibility index (Phi) is 4.88. The predicted molar refractivity (Wildman–Crippen MR) is 81.3 cm³/mol. The Bertz CT molecular complexity index is 610. The molecule has 0 aromatic heterocycles. The lowest BCUT2D eigenvalue weighted by Gasteiger charge is -2.12. The van der Waals surface area contributed by atoms with Gasteiger partial charge in [0.1, 0.15) is 5.75 Å². The van der Waals surface area contributed by atoms with E-state index in [4.69, 9.17) is 4.74 Å². The Morgan fingerprint density at radius 3 is 2.81 bits per heavy atom. The number of carbonyl (C=O) groups excluding carboxylic acids is 1. The molecule has 2 rings (SSSR count). The number of ether oxygens (including phenoxy) is 1. The van der Waals surface area contributed by atoms with Crippen molar-refractivity contribution in [3.8, 4) is 5.75 Å². The minimum Gasteiger partial charge on any atom is -0.493 e. The second-order valence-electron chi connectivity index (χ2n) is 5.81. The number of hydrogen-bond acceptors (Lipinski definition) is 4. The molecule has 1 aromatic carbocycles. The molecule has 1 aliphatic heterocycles. The van der Waals surface area contributed by atoms with Crippen molar-refractivity contribution < 1.29 is 17.9 Å². The first kappa shape index (κ1) is 15.8. The summed E-state index contributed by atoms with van der Waals surface area (Å²) in [4.78, 5) is 12.1. The van der Waals surface area contributed by atoms with Crippen LogP contribution in [0.5, 0.6) is 5.75 Å². The SMILES string of the molecule is CC(C)COc1cccc(C(=O)N[C@@H]2CCS(=O)(=O)C2)c1. The Labute approximate surface area is 125 Å². The number of benzene rings is 1. The van der Waals surface area contributed by atoms with Crippen LogP contribution in [0.4, 0.5) is 0 Å². The lowest BCUT2D eigenvalue weighted by atomic mass is 10.1. The van der Waals surface area contributed by atoms with Crippen molar-refractivity contribution in [1.29, 1.82) is 0 Å². The van der Waals surface area contributed by atoms with E-state index in [1.165, 1.54) is 0 Å². The quantitative estimate of drug-likeness (QED) is 0.897. The normalized spacial score (nSPS) is 20.4. The molecular formula is C15H21NO4S. The van der Waals surface area contributed by atoms with Crippen LogP contribution in [0, 0.1) is 5.92 Å². The highest BCUT2D eigenvalue weighted by Gasteiger charge is 2.29. The molecule has 0 bridgehead atoms. The number of rotatable bonds is 5. The number of sulfone groups is 1. The molecule has 0 aliphatic carbocycles. The Balaban J connectivity index is 1.98. The molecule has 1 amide bonds. The van der Waals surface area contributed by atoms with E-state index in [1.54, 1.807) is 24.3 Å². The van der Waals surface area contributed by atoms with Gasteiger partial charge in [-0.1, -0.05) is 19.9 Å². The van der Waals surface area contributed by atoms with E-state index in [0.29, 0.717) is 30.3 Å². The minimum absolute atomic E-state index is 0.0300. The third-order valence-corrected chi connectivity index (χ3v) is 5.02. The molecular weight excluding hydrogens is 290 g/mol. The summed E-state index contributed by atoms with van der Waals surface area (Å²) in [7, 11) is -2.99. The van der Waals surface area contributed by atoms with Gasteiger partial charge < -0.3 is 10.1 Å². The van der Waals surface area contributed by atoms with Gasteiger partial charge in [-0.2, -0.15) is 0 Å². The molecule has 1 aromatic rings. The molecule has 1 atom stereocenters. The largest absolute Gasteiger partial charge is 0.493 e. The smallest absolute Gasteiger partial charge is 0.251 e. The Morgan fingerprint density at radius 2 is 2.19 bits per heavy atom. The summed E-state index contributed by atoms with van der Waals surface area (Å²) < 4.78 is 28.4. The number of hydrogen-bond donors (Lipinski definition) is 1. The maximum Gasteiger partial charge on any atom is 0.251 e. The first-order valence-corrected chi connectivity index (χ1v) is 8.92. The van der Waals surface area contributed by atoms with Gasteiger partial charge in [0.05, 0.1) is 18.1 Å². The summed E-state index contributed by atoms with van der Waals surface area (Å²) in [5, 5.41) is 2.77. The van der Waals surface area contributed by atoms with Gasteiger partial charge in [-0.25, -0.2) is 8.42 Å². The highest BCUT2D eigenvalue weighted by Crippen LogP contribution is 2.16. The highest BCUT2D eigenvalue weighted by molar-refractivity contribution is 7.91. The number of carbonyl (C=O) groups is 1. The fourth-order valence-corrected chi connectivity index (χ4v) is 3.84. The van der Waals surface area contributed by atoms with Gasteiger partial charge in [0.2, 0.25) is 0 Å². The van der Waals surface area contributed by atoms with E-state index in [9.17, 15) is 13.2 Å². The van der Waals surface area contributed by atoms with Crippen LogP contribution in [0.15, 0.2) is 24.3 Å². The van der Waals surface area contributed by atoms with Crippen LogP contribution in [0.2, 0.25) is 0 Å². The molecule has 0 spiro atoms. The van der Waals surface area contributed by atoms with Gasteiger partial charge in [0, 0.05) is 11.6 Å². The monoisotopic (exact) mass is 311 g/mol. The molecule has 1 N–H and O–H groups in total. The summed E-state index contributed by atoms with van der Waals surface area (Å²) in [6.45, 7) is 4.69. The molecule has 5 nitrogen and oxygen atoms in total. The van der Waals surface area contributed by atoms with E-state index >= 15 is 0 Å². The third kappa shape index (κ3) is 4.74. The zero-order valence-electron chi connectivity index (χ0n) is 12.3. The topological polar surface area (TPSA) is 72.5 Å². The van der Waals surface area contributed by atoms with Crippen LogP contribution >= 0.6 is 0 Å². The Morgan fingerprint density at radius 1 is 1.43 bits per heavy atom. The second kappa shape index (κ2) is 6.47. The van der Waals surface area contributed by atoms with Crippen molar-refractivity contribution in [2.75, 3.05) is 18.1 Å². The zero-order chi connectivity index (χ0) is 15.5. The highest BCUT2D eigenvalue weighted by atomic mass is 32.2. The van der Waals surface area contributed by atoms with Gasteiger partial charge in [0.15, 0.2) is 9.84 Å². The molecule has 0 radical (unpaired) electrons. The fourth-order valence-electron chi connectivity index (χ4n) is 2.17. The van der Waals surface area contributed by atoms with Crippen LogP contribution in [0.3, 0.4) is 0 Å². The van der Waals surface area contributed by atoms with Crippen molar-refractivity contribution in [2.24, 2.45) is 5.92 Å². The number of amides is 1. The third-order valence-electron chi connectivity index (χ3n) is 3.25. The molecule has 1 saturated heterocycles. The van der Waals surface area contributed by atoms with E-state index in [0.717, 1.165) is 0 Å². The van der Waals surface area contributed by atoms with Crippen molar-refractivity contribution in [3.63, 3.8) is 0 Å². The van der Waals surface area contributed by atoms with Crippen LogP contribution in [0.1, 0.15) is 30.6 Å². The summed E-state index contributed by atoms with van der Waals surface area (Å²) in [6, 6.07) is 6.65. The van der Waals surface area contributed by atoms with Crippen LogP contribution in [0.25, 0.3) is 0 Å². The average Bonchev–Trinajstić information content (AvgIpc) is 2.76. The summed E-state index contributed by atoms with van der Waals surface area (Å²) >= 11 is 0. The summed E-state index contributed by atoms with van der Waals surface area (Å²) in [5.41, 5.74) is 0.487. The number of nitrogens with one attached hydrogen (secondary N) is 1. The zero-order valence-corrected chi connectivity index (χ0v) is 13.2. The molecule has 6 heteroatoms. The van der Waals surface area contributed by atoms with Gasteiger partial charge >= 0.3 is 0 Å². The molecule has 21 heavy (non-hydrogen) atoms. The van der Waals surface area contributed by atoms with Crippen molar-refractivity contribution >= 4 is 15.7 Å². The van der Waals surface area contributed by atoms with E-state index in [1.807, 2.05) is 0 Å². The lowest BCUT2D eigenvalue weighted by Crippen LogP contribution is -2.35. The van der Waals surface area contributed by atoms with Crippen LogP contribution in [-0.4, -0.2) is 38.5 Å². The maximum absolute atomic E-state index is 12.1. The summed E-state index contributed by atoms with van der Waals surface area (Å²) in [5.74, 6) is 0.978. The van der Waals surface area contributed by atoms with Crippen LogP contribution in [-0.2, 0) is 9.84 Å². The van der Waals surface area contributed by atoms with Crippen LogP contribution < -0.4 is 10.1 Å². The van der Waals surface area contributed by atoms with E-state index in [-0.39, 0.29) is 23.5 Å². The standard InChI is InChI=1S/C15H21NO4S/c1-11(2)9-20-14-5-3-4-12(8-14)15(17)16-13-6-7-21(18,19)10-13/h3-5,8,11,13H,6-7,9-10H2,1-2H3,(H,16,17)/t13-/m1/s1. The van der Waals surface area contributed by atoms with Gasteiger partial charge in [-0.05, 0) is 30.5 Å². The van der Waals surface area contributed by atoms with Gasteiger partial charge in [0.25, 0.3) is 5.91 Å². The summed E-state index contributed by atoms with van der Waals surface area (Å²) in [6.07, 6.45) is 0.484. The van der Waals surface area contributed by atoms with Gasteiger partial charge in [-0.15, -0.1) is 0 Å². The fraction of sp³-hybridized carbons (Fsp3) is 0.533. The minimum atomic E-state index is -2.99. The average molecular weight is 311 g/mol. The molecule has 1 aliphatic rings. The molecule has 0 saturated carbocycles. The van der Waals surface area contributed by atoms with E-state index in [2.05, 4.69) is 19.2 Å². The maximum atomic E-state index is 12.1. The predicted octanol–water partition coefficient (Wildman–Crippen LogP) is 1.64. The molecule has 1 heterocycles. The first-order chi connectivity index (χ1) is 9.85. The van der Waals surface area contributed by atoms with E-state index < -0.39 is 9.84 Å². The molecule has 1 fully saturated rings. The molecule has 116 valence electrons. The first-order valence-electron chi connectivity index (χ1n) is 7.10. The van der Waals surface area contributed by atoms with Crippen molar-refractivity contribution in [3.05, 3.63) is 29.8 Å². The lowest BCUT2D eigenvalue weighted by molar-refractivity contribution is 0.0940. The Hall–Kier alpha value is -1.56.